The summed E-state index contributed by atoms with van der Waals surface area (Å²) < 4.78 is 0. The van der Waals surface area contributed by atoms with Crippen molar-refractivity contribution in [1.82, 2.24) is 0 Å². The van der Waals surface area contributed by atoms with E-state index in [-0.39, 0.29) is 0 Å². The van der Waals surface area contributed by atoms with E-state index in [1.807, 2.05) is 0 Å². The molecule has 0 N–H and O–H groups in total. The van der Waals surface area contributed by atoms with Gasteiger partial charge in [-0.1, -0.05) is 11.2 Å². The second-order valence-electron chi connectivity index (χ2n) is 1.80. The first-order valence-corrected chi connectivity index (χ1v) is 5.99. The van der Waals surface area contributed by atoms with Gasteiger partial charge < -0.3 is 0 Å². The third-order valence-corrected chi connectivity index (χ3v) is 7.35. The van der Waals surface area contributed by atoms with E-state index >= 15 is 0 Å². The molecule has 0 bridgehead atoms. The zero-order valence-electron chi connectivity index (χ0n) is 4.28. The van der Waals surface area contributed by atoms with Crippen molar-refractivity contribution in [3.8, 4) is 0 Å². The van der Waals surface area contributed by atoms with Crippen LogP contribution < -0.4 is 0 Å². The Morgan fingerprint density at radius 2 is 1.60 bits per heavy atom. The highest BCUT2D eigenvalue weighted by Gasteiger charge is 1.80. The van der Waals surface area contributed by atoms with Crippen molar-refractivity contribution in [3.05, 3.63) is 0 Å². The molecular formula is C2H12Si3. The Balaban J connectivity index is 2.54. The minimum atomic E-state index is 1.22. The van der Waals surface area contributed by atoms with Crippen molar-refractivity contribution < 1.29 is 0 Å². The third kappa shape index (κ3) is 4.65. The minimum Gasteiger partial charge on any atom is -0.0692 e. The predicted molar refractivity (Wildman–Crippen MR) is 38.4 cm³/mol. The molecule has 0 aromatic carbocycles. The van der Waals surface area contributed by atoms with E-state index in [0.717, 1.165) is 0 Å². The molecule has 32 valence electrons. The topological polar surface area (TPSA) is 0 Å². The molecule has 0 spiro atoms. The molecule has 0 aliphatic carbocycles. The molecule has 0 aliphatic rings. The van der Waals surface area contributed by atoms with E-state index in [4.69, 9.17) is 0 Å². The second kappa shape index (κ2) is 2.87. The molecule has 0 fully saturated rings. The van der Waals surface area contributed by atoms with Crippen molar-refractivity contribution in [1.29, 1.82) is 0 Å². The Labute approximate surface area is 42.6 Å². The van der Waals surface area contributed by atoms with Crippen molar-refractivity contribution in [3.63, 3.8) is 0 Å². The molecule has 0 aromatic heterocycles. The van der Waals surface area contributed by atoms with Crippen LogP contribution in [0.2, 0.25) is 11.2 Å². The first kappa shape index (κ1) is 5.65. The first-order valence-electron chi connectivity index (χ1n) is 2.27. The van der Waals surface area contributed by atoms with Crippen LogP contribution in [0.15, 0.2) is 0 Å². The van der Waals surface area contributed by atoms with Crippen LogP contribution >= 0.6 is 0 Å². The van der Waals surface area contributed by atoms with Gasteiger partial charge in [-0.3, -0.25) is 0 Å². The molecule has 3 heteroatoms. The molecular weight excluding hydrogens is 108 g/mol. The summed E-state index contributed by atoms with van der Waals surface area (Å²) in [6.45, 7) is 0. The highest BCUT2D eigenvalue weighted by molar-refractivity contribution is 6.38. The SMILES string of the molecule is [SiH3]CC([SiH3])[SiH3]. The molecule has 0 aromatic rings. The lowest BCUT2D eigenvalue weighted by Crippen LogP contribution is -1.86. The van der Waals surface area contributed by atoms with Crippen LogP contribution in [0.25, 0.3) is 0 Å². The number of rotatable bonds is 1. The summed E-state index contributed by atoms with van der Waals surface area (Å²) in [5, 5.41) is 1.22. The lowest BCUT2D eigenvalue weighted by molar-refractivity contribution is 1.35. The van der Waals surface area contributed by atoms with E-state index in [1.54, 1.807) is 6.04 Å². The van der Waals surface area contributed by atoms with Crippen LogP contribution in [-0.2, 0) is 0 Å². The summed E-state index contributed by atoms with van der Waals surface area (Å²) in [5.41, 5.74) is 0. The van der Waals surface area contributed by atoms with E-state index < -0.39 is 0 Å². The zero-order valence-corrected chi connectivity index (χ0v) is 10.3. The Hall–Kier alpha value is 0.651. The fourth-order valence-electron chi connectivity index (χ4n) is 0. The fraction of sp³-hybridized carbons (Fsp3) is 1.00. The van der Waals surface area contributed by atoms with Crippen molar-refractivity contribution in [2.45, 2.75) is 11.2 Å². The highest BCUT2D eigenvalue weighted by Crippen LogP contribution is 1.90. The fourth-order valence-corrected chi connectivity index (χ4v) is 0. The normalized spacial score (nSPS) is 16.8. The molecule has 0 saturated heterocycles. The van der Waals surface area contributed by atoms with Crippen molar-refractivity contribution in [2.24, 2.45) is 0 Å². The van der Waals surface area contributed by atoms with E-state index in [0.29, 0.717) is 0 Å². The Kier molecular flexibility index (Phi) is 3.24. The monoisotopic (exact) mass is 120 g/mol. The van der Waals surface area contributed by atoms with E-state index in [2.05, 4.69) is 0 Å². The minimum absolute atomic E-state index is 1.22. The molecule has 0 rings (SSSR count). The van der Waals surface area contributed by atoms with Crippen molar-refractivity contribution in [2.75, 3.05) is 0 Å². The van der Waals surface area contributed by atoms with Crippen LogP contribution in [0.5, 0.6) is 0 Å². The van der Waals surface area contributed by atoms with Gasteiger partial charge in [-0.2, -0.15) is 0 Å². The molecule has 5 heavy (non-hydrogen) atoms. The maximum atomic E-state index is 1.57. The molecule has 0 amide bonds. The van der Waals surface area contributed by atoms with Gasteiger partial charge in [0.1, 0.15) is 0 Å². The molecule has 0 saturated carbocycles. The van der Waals surface area contributed by atoms with Crippen LogP contribution in [0.3, 0.4) is 0 Å². The lowest BCUT2D eigenvalue weighted by Gasteiger charge is -1.89. The number of hydrogen-bond acceptors (Lipinski definition) is 0. The summed E-state index contributed by atoms with van der Waals surface area (Å²) in [6, 6.07) is 1.57. The Morgan fingerprint density at radius 1 is 1.40 bits per heavy atom. The van der Waals surface area contributed by atoms with Crippen LogP contribution in [0.4, 0.5) is 0 Å². The molecule has 0 aliphatic heterocycles. The van der Waals surface area contributed by atoms with Gasteiger partial charge in [-0.15, -0.1) is 0 Å². The van der Waals surface area contributed by atoms with Gasteiger partial charge in [-0.05, 0) is 0 Å². The largest absolute Gasteiger partial charge is 0.0692 e. The highest BCUT2D eigenvalue weighted by atomic mass is 28.2. The summed E-state index contributed by atoms with van der Waals surface area (Å²) in [5.74, 6) is 0. The van der Waals surface area contributed by atoms with Gasteiger partial charge in [0.15, 0.2) is 0 Å². The maximum Gasteiger partial charge on any atom is 0.00235 e. The van der Waals surface area contributed by atoms with Gasteiger partial charge in [-0.25, -0.2) is 0 Å². The van der Waals surface area contributed by atoms with Crippen LogP contribution in [-0.4, -0.2) is 30.7 Å². The van der Waals surface area contributed by atoms with E-state index in [9.17, 15) is 0 Å². The molecule has 0 unspecified atom stereocenters. The zero-order chi connectivity index (χ0) is 4.28. The second-order valence-corrected chi connectivity index (χ2v) is 8.87. The van der Waals surface area contributed by atoms with Crippen molar-refractivity contribution >= 4 is 30.7 Å². The molecule has 0 heterocycles. The standard InChI is InChI=1S/C2H12Si3/c3-1-2(4)5/h2H,1H2,3-5H3. The Morgan fingerprint density at radius 3 is 1.60 bits per heavy atom. The first-order chi connectivity index (χ1) is 2.27. The molecule has 0 nitrogen and oxygen atoms in total. The van der Waals surface area contributed by atoms with Crippen LogP contribution in [0, 0.1) is 0 Å². The average Bonchev–Trinajstić information content (AvgIpc) is 1.38. The summed E-state index contributed by atoms with van der Waals surface area (Å²) in [4.78, 5) is 0. The van der Waals surface area contributed by atoms with E-state index in [1.165, 1.54) is 35.9 Å². The van der Waals surface area contributed by atoms with Gasteiger partial charge >= 0.3 is 0 Å². The smallest absolute Gasteiger partial charge is 0.00235 e. The quantitative estimate of drug-likeness (QED) is 0.329. The third-order valence-electron chi connectivity index (χ3n) is 0.816. The average molecular weight is 120 g/mol. The van der Waals surface area contributed by atoms with Gasteiger partial charge in [0, 0.05) is 30.7 Å². The Bertz CT molecular complexity index is 18.9. The molecule has 0 atom stereocenters. The van der Waals surface area contributed by atoms with Gasteiger partial charge in [0.25, 0.3) is 0 Å². The summed E-state index contributed by atoms with van der Waals surface area (Å²) in [6.07, 6.45) is 0. The maximum absolute atomic E-state index is 1.57. The summed E-state index contributed by atoms with van der Waals surface area (Å²) >= 11 is 0. The lowest BCUT2D eigenvalue weighted by atomic mass is 10.9. The van der Waals surface area contributed by atoms with Crippen LogP contribution in [0.1, 0.15) is 0 Å². The van der Waals surface area contributed by atoms with Gasteiger partial charge in [0.2, 0.25) is 0 Å². The predicted octanol–water partition coefficient (Wildman–Crippen LogP) is -2.75. The van der Waals surface area contributed by atoms with Gasteiger partial charge in [0.05, 0.1) is 0 Å². The number of hydrogen-bond donors (Lipinski definition) is 0. The summed E-state index contributed by atoms with van der Waals surface area (Å²) in [7, 11) is 4.38. The molecule has 0 radical (unpaired) electrons.